The third-order valence-electron chi connectivity index (χ3n) is 5.50. The summed E-state index contributed by atoms with van der Waals surface area (Å²) in [5, 5.41) is 8.24. The van der Waals surface area contributed by atoms with Gasteiger partial charge < -0.3 is 9.57 Å². The summed E-state index contributed by atoms with van der Waals surface area (Å²) in [5.74, 6) is 1.85. The van der Waals surface area contributed by atoms with Gasteiger partial charge in [-0.15, -0.1) is 9.83 Å². The van der Waals surface area contributed by atoms with E-state index in [2.05, 4.69) is 29.4 Å². The van der Waals surface area contributed by atoms with E-state index in [1.54, 1.807) is 6.20 Å². The summed E-state index contributed by atoms with van der Waals surface area (Å²) in [6, 6.07) is 9.50. The Kier molecular flexibility index (Phi) is 6.20. The van der Waals surface area contributed by atoms with Crippen molar-refractivity contribution in [2.75, 3.05) is 13.2 Å². The molecule has 0 saturated heterocycles. The number of hydrogen-bond acceptors (Lipinski definition) is 6. The predicted octanol–water partition coefficient (Wildman–Crippen LogP) is 1.40. The van der Waals surface area contributed by atoms with Crippen LogP contribution < -0.4 is 20.8 Å². The van der Waals surface area contributed by atoms with Gasteiger partial charge in [0.1, 0.15) is 12.4 Å². The quantitative estimate of drug-likeness (QED) is 0.488. The maximum absolute atomic E-state index is 12.0. The van der Waals surface area contributed by atoms with Crippen LogP contribution in [0.4, 0.5) is 0 Å². The van der Waals surface area contributed by atoms with Crippen LogP contribution in [-0.2, 0) is 20.0 Å². The van der Waals surface area contributed by atoms with Crippen molar-refractivity contribution in [2.45, 2.75) is 38.6 Å². The molecule has 9 nitrogen and oxygen atoms in total. The van der Waals surface area contributed by atoms with Crippen LogP contribution in [0.25, 0.3) is 0 Å². The lowest BCUT2D eigenvalue weighted by molar-refractivity contribution is 0.0964. The Bertz CT molecular complexity index is 1150. The standard InChI is InChI=1S/C22H27N5O4/c1-16(18-4-3-5-20(12-18)30-15-17-6-7-17)14-26-19(13-23-24-26)9-11-31-27-10-8-21(28)25(2)22(27)29/h3-5,8,10,12-13,16-17H,6-7,9,11,14-15H2,1-2H3/t16-/m0/s1. The van der Waals surface area contributed by atoms with Crippen LogP contribution >= 0.6 is 0 Å². The Morgan fingerprint density at radius 3 is 2.87 bits per heavy atom. The minimum Gasteiger partial charge on any atom is -0.493 e. The van der Waals surface area contributed by atoms with Crippen LogP contribution in [0.5, 0.6) is 5.75 Å². The SMILES string of the molecule is C[C@@H](Cn1nncc1CCOn1ccc(=O)n(C)c1=O)c1cccc(OCC2CC2)c1. The summed E-state index contributed by atoms with van der Waals surface area (Å²) in [6.45, 7) is 3.86. The smallest absolute Gasteiger partial charge is 0.363 e. The highest BCUT2D eigenvalue weighted by molar-refractivity contribution is 5.30. The van der Waals surface area contributed by atoms with Gasteiger partial charge in [-0.25, -0.2) is 9.48 Å². The van der Waals surface area contributed by atoms with E-state index in [0.29, 0.717) is 13.0 Å². The molecule has 0 bridgehead atoms. The molecule has 2 heterocycles. The first-order valence-corrected chi connectivity index (χ1v) is 10.5. The first-order valence-electron chi connectivity index (χ1n) is 10.5. The number of benzene rings is 1. The van der Waals surface area contributed by atoms with Crippen molar-refractivity contribution in [3.63, 3.8) is 0 Å². The van der Waals surface area contributed by atoms with Gasteiger partial charge in [-0.05, 0) is 36.5 Å². The summed E-state index contributed by atoms with van der Waals surface area (Å²) < 4.78 is 9.81. The fourth-order valence-corrected chi connectivity index (χ4v) is 3.30. The molecule has 4 rings (SSSR count). The Morgan fingerprint density at radius 2 is 2.06 bits per heavy atom. The fraction of sp³-hybridized carbons (Fsp3) is 0.455. The fourth-order valence-electron chi connectivity index (χ4n) is 3.30. The van der Waals surface area contributed by atoms with Crippen LogP contribution in [0.3, 0.4) is 0 Å². The normalized spacial score (nSPS) is 14.4. The summed E-state index contributed by atoms with van der Waals surface area (Å²) in [4.78, 5) is 29.0. The zero-order chi connectivity index (χ0) is 21.8. The van der Waals surface area contributed by atoms with Gasteiger partial charge in [-0.3, -0.25) is 9.36 Å². The molecule has 1 aliphatic carbocycles. The zero-order valence-corrected chi connectivity index (χ0v) is 17.8. The van der Waals surface area contributed by atoms with Gasteiger partial charge in [0.05, 0.1) is 24.7 Å². The molecular weight excluding hydrogens is 398 g/mol. The average Bonchev–Trinajstić information content (AvgIpc) is 3.51. The average molecular weight is 425 g/mol. The number of rotatable bonds is 10. The van der Waals surface area contributed by atoms with Crippen molar-refractivity contribution >= 4 is 0 Å². The Hall–Kier alpha value is -3.36. The van der Waals surface area contributed by atoms with Gasteiger partial charge in [-0.1, -0.05) is 24.3 Å². The molecule has 1 aromatic carbocycles. The topological polar surface area (TPSA) is 93.2 Å². The van der Waals surface area contributed by atoms with Crippen LogP contribution in [0.1, 0.15) is 36.9 Å². The molecule has 1 atom stereocenters. The van der Waals surface area contributed by atoms with E-state index in [1.165, 1.54) is 37.7 Å². The number of nitrogens with zero attached hydrogens (tertiary/aromatic N) is 5. The van der Waals surface area contributed by atoms with E-state index in [0.717, 1.165) is 33.3 Å². The Morgan fingerprint density at radius 1 is 1.23 bits per heavy atom. The second kappa shape index (κ2) is 9.20. The minimum absolute atomic E-state index is 0.220. The molecule has 1 saturated carbocycles. The zero-order valence-electron chi connectivity index (χ0n) is 17.8. The first kappa shape index (κ1) is 20.9. The summed E-state index contributed by atoms with van der Waals surface area (Å²) in [7, 11) is 1.41. The molecule has 1 fully saturated rings. The maximum Gasteiger partial charge on any atom is 0.363 e. The largest absolute Gasteiger partial charge is 0.493 e. The highest BCUT2D eigenvalue weighted by Crippen LogP contribution is 2.30. The molecule has 31 heavy (non-hydrogen) atoms. The van der Waals surface area contributed by atoms with Crippen LogP contribution in [-0.4, -0.2) is 37.5 Å². The second-order valence-electron chi connectivity index (χ2n) is 8.04. The lowest BCUT2D eigenvalue weighted by Crippen LogP contribution is -2.40. The molecule has 3 aromatic rings. The Labute approximate surface area is 179 Å². The predicted molar refractivity (Wildman–Crippen MR) is 114 cm³/mol. The van der Waals surface area contributed by atoms with E-state index >= 15 is 0 Å². The lowest BCUT2D eigenvalue weighted by atomic mass is 10.0. The molecule has 0 N–H and O–H groups in total. The van der Waals surface area contributed by atoms with Crippen molar-refractivity contribution in [1.82, 2.24) is 24.3 Å². The van der Waals surface area contributed by atoms with Gasteiger partial charge >= 0.3 is 5.69 Å². The van der Waals surface area contributed by atoms with Crippen LogP contribution in [0.2, 0.25) is 0 Å². The van der Waals surface area contributed by atoms with Gasteiger partial charge in [0.2, 0.25) is 0 Å². The Balaban J connectivity index is 1.35. The number of ether oxygens (including phenoxy) is 1. The van der Waals surface area contributed by atoms with Gasteiger partial charge in [0.15, 0.2) is 0 Å². The molecule has 0 amide bonds. The van der Waals surface area contributed by atoms with Crippen molar-refractivity contribution in [1.29, 1.82) is 0 Å². The third-order valence-corrected chi connectivity index (χ3v) is 5.50. The van der Waals surface area contributed by atoms with Gasteiger partial charge in [-0.2, -0.15) is 0 Å². The van der Waals surface area contributed by atoms with Gasteiger partial charge in [0.25, 0.3) is 5.56 Å². The number of aromatic nitrogens is 5. The lowest BCUT2D eigenvalue weighted by Gasteiger charge is -2.15. The monoisotopic (exact) mass is 425 g/mol. The summed E-state index contributed by atoms with van der Waals surface area (Å²) in [5.41, 5.74) is 1.20. The molecule has 164 valence electrons. The molecule has 2 aromatic heterocycles. The minimum atomic E-state index is -0.517. The highest BCUT2D eigenvalue weighted by Gasteiger charge is 2.22. The molecule has 0 aliphatic heterocycles. The maximum atomic E-state index is 12.0. The van der Waals surface area contributed by atoms with E-state index in [-0.39, 0.29) is 18.1 Å². The molecule has 1 aliphatic rings. The van der Waals surface area contributed by atoms with E-state index < -0.39 is 5.69 Å². The third kappa shape index (κ3) is 5.22. The molecule has 0 spiro atoms. The second-order valence-corrected chi connectivity index (χ2v) is 8.04. The summed E-state index contributed by atoms with van der Waals surface area (Å²) >= 11 is 0. The van der Waals surface area contributed by atoms with Crippen molar-refractivity contribution in [3.8, 4) is 5.75 Å². The summed E-state index contributed by atoms with van der Waals surface area (Å²) in [6.07, 6.45) is 6.10. The van der Waals surface area contributed by atoms with Crippen LogP contribution in [0.15, 0.2) is 52.3 Å². The van der Waals surface area contributed by atoms with Gasteiger partial charge in [0, 0.05) is 32.0 Å². The molecule has 0 unspecified atom stereocenters. The number of hydrogen-bond donors (Lipinski definition) is 0. The van der Waals surface area contributed by atoms with E-state index in [4.69, 9.17) is 9.57 Å². The highest BCUT2D eigenvalue weighted by atomic mass is 16.7. The molecule has 9 heteroatoms. The van der Waals surface area contributed by atoms with Crippen LogP contribution in [0, 0.1) is 5.92 Å². The van der Waals surface area contributed by atoms with Crippen molar-refractivity contribution in [3.05, 3.63) is 74.8 Å². The molecule has 0 radical (unpaired) electrons. The molecular formula is C22H27N5O4. The first-order chi connectivity index (χ1) is 15.0. The van der Waals surface area contributed by atoms with E-state index in [1.807, 2.05) is 16.8 Å². The van der Waals surface area contributed by atoms with E-state index in [9.17, 15) is 9.59 Å². The van der Waals surface area contributed by atoms with Crippen molar-refractivity contribution < 1.29 is 9.57 Å². The van der Waals surface area contributed by atoms with Crippen molar-refractivity contribution in [2.24, 2.45) is 13.0 Å².